The number of carbonyl (C=O) groups excluding carboxylic acids is 1. The van der Waals surface area contributed by atoms with Crippen molar-refractivity contribution in [1.29, 1.82) is 0 Å². The van der Waals surface area contributed by atoms with Gasteiger partial charge in [-0.1, -0.05) is 91.7 Å². The minimum atomic E-state index is -0.212. The molecule has 3 rings (SSSR count). The Morgan fingerprint density at radius 2 is 1.70 bits per heavy atom. The van der Waals surface area contributed by atoms with Crippen molar-refractivity contribution in [3.63, 3.8) is 0 Å². The first kappa shape index (κ1) is 27.1. The van der Waals surface area contributed by atoms with Crippen LogP contribution in [0, 0.1) is 17.8 Å². The highest BCUT2D eigenvalue weighted by molar-refractivity contribution is 7.96. The standard InChI is InChI=1S/C23H34O2S.2C2H6/c1-2-3-4-5-6-7-9-17-12-13-19-15-21-18(14-20(17)19)10-8-11-22(21)25-16-23(24)26;2*1-2/h8,10-11,17,19-20H,2-7,9,12-16H2,1H3,(H,24,26);2*1-2H3. The summed E-state index contributed by atoms with van der Waals surface area (Å²) in [6.07, 6.45) is 14.9. The SMILES string of the molecule is CC.CC.CCCCCCCCC1CCC2Cc3c(cccc3OCC(=O)S)CC12. The molecule has 2 nitrogen and oxygen atoms in total. The van der Waals surface area contributed by atoms with E-state index >= 15 is 0 Å². The molecular formula is C27H46O2S. The molecule has 0 N–H and O–H groups in total. The second-order valence-electron chi connectivity index (χ2n) is 8.30. The quantitative estimate of drug-likeness (QED) is 0.298. The van der Waals surface area contributed by atoms with Crippen LogP contribution in [-0.4, -0.2) is 11.7 Å². The van der Waals surface area contributed by atoms with Crippen LogP contribution in [-0.2, 0) is 17.6 Å². The lowest BCUT2D eigenvalue weighted by atomic mass is 9.73. The Kier molecular flexibility index (Phi) is 14.2. The molecule has 0 aromatic heterocycles. The topological polar surface area (TPSA) is 26.3 Å². The van der Waals surface area contributed by atoms with E-state index in [1.807, 2.05) is 33.8 Å². The zero-order chi connectivity index (χ0) is 22.4. The summed E-state index contributed by atoms with van der Waals surface area (Å²) >= 11 is 3.82. The van der Waals surface area contributed by atoms with Gasteiger partial charge in [0.2, 0.25) is 5.12 Å². The van der Waals surface area contributed by atoms with Crippen molar-refractivity contribution in [1.82, 2.24) is 0 Å². The molecule has 3 atom stereocenters. The maximum atomic E-state index is 11.1. The number of carbonyl (C=O) groups is 1. The summed E-state index contributed by atoms with van der Waals surface area (Å²) in [5.41, 5.74) is 2.80. The van der Waals surface area contributed by atoms with E-state index in [0.29, 0.717) is 0 Å². The number of fused-ring (bicyclic) bond motifs is 2. The van der Waals surface area contributed by atoms with E-state index in [-0.39, 0.29) is 11.7 Å². The number of benzene rings is 1. The molecule has 30 heavy (non-hydrogen) atoms. The van der Waals surface area contributed by atoms with Crippen LogP contribution in [0.5, 0.6) is 5.75 Å². The van der Waals surface area contributed by atoms with Gasteiger partial charge in [-0.3, -0.25) is 4.79 Å². The molecule has 2 aliphatic rings. The lowest BCUT2D eigenvalue weighted by Gasteiger charge is -2.32. The summed E-state index contributed by atoms with van der Waals surface area (Å²) in [4.78, 5) is 11.1. The van der Waals surface area contributed by atoms with E-state index in [1.54, 1.807) is 0 Å². The van der Waals surface area contributed by atoms with Gasteiger partial charge < -0.3 is 4.74 Å². The van der Waals surface area contributed by atoms with Crippen LogP contribution in [0.4, 0.5) is 0 Å². The molecule has 1 aromatic carbocycles. The van der Waals surface area contributed by atoms with Gasteiger partial charge in [0, 0.05) is 0 Å². The van der Waals surface area contributed by atoms with E-state index in [9.17, 15) is 4.79 Å². The highest BCUT2D eigenvalue weighted by Gasteiger charge is 2.39. The van der Waals surface area contributed by atoms with Gasteiger partial charge in [0.1, 0.15) is 5.75 Å². The Morgan fingerprint density at radius 1 is 1.00 bits per heavy atom. The summed E-state index contributed by atoms with van der Waals surface area (Å²) in [5, 5.41) is -0.212. The highest BCUT2D eigenvalue weighted by atomic mass is 32.1. The first-order valence-electron chi connectivity index (χ1n) is 12.6. The number of rotatable bonds is 10. The predicted octanol–water partition coefficient (Wildman–Crippen LogP) is 8.07. The van der Waals surface area contributed by atoms with Crippen molar-refractivity contribution < 1.29 is 9.53 Å². The third-order valence-corrected chi connectivity index (χ3v) is 6.68. The monoisotopic (exact) mass is 434 g/mol. The van der Waals surface area contributed by atoms with Crippen LogP contribution in [0.15, 0.2) is 18.2 Å². The van der Waals surface area contributed by atoms with Gasteiger partial charge in [-0.2, -0.15) is 0 Å². The lowest BCUT2D eigenvalue weighted by molar-refractivity contribution is -0.112. The third-order valence-electron chi connectivity index (χ3n) is 6.55. The van der Waals surface area contributed by atoms with E-state index < -0.39 is 0 Å². The van der Waals surface area contributed by atoms with Gasteiger partial charge in [-0.25, -0.2) is 0 Å². The zero-order valence-corrected chi connectivity index (χ0v) is 21.1. The summed E-state index contributed by atoms with van der Waals surface area (Å²) in [5.74, 6) is 3.49. The number of thiol groups is 1. The van der Waals surface area contributed by atoms with Crippen LogP contribution in [0.2, 0.25) is 0 Å². The molecule has 1 aromatic rings. The first-order valence-corrected chi connectivity index (χ1v) is 13.1. The molecule has 0 radical (unpaired) electrons. The van der Waals surface area contributed by atoms with Crippen molar-refractivity contribution in [2.45, 2.75) is 105 Å². The summed E-state index contributed by atoms with van der Waals surface area (Å²) in [6.45, 7) is 10.3. The number of hydrogen-bond acceptors (Lipinski definition) is 2. The summed E-state index contributed by atoms with van der Waals surface area (Å²) < 4.78 is 5.73. The Labute approximate surface area is 192 Å². The second-order valence-corrected chi connectivity index (χ2v) is 8.80. The Bertz CT molecular complexity index is 599. The number of unbranched alkanes of at least 4 members (excludes halogenated alkanes) is 5. The minimum absolute atomic E-state index is 0.0638. The van der Waals surface area contributed by atoms with E-state index in [2.05, 4.69) is 31.7 Å². The van der Waals surface area contributed by atoms with Crippen LogP contribution < -0.4 is 4.74 Å². The van der Waals surface area contributed by atoms with E-state index in [4.69, 9.17) is 4.74 Å². The van der Waals surface area contributed by atoms with Crippen molar-refractivity contribution in [3.8, 4) is 5.75 Å². The molecule has 0 saturated heterocycles. The van der Waals surface area contributed by atoms with Gasteiger partial charge in [-0.05, 0) is 60.6 Å². The average molecular weight is 435 g/mol. The molecule has 0 heterocycles. The van der Waals surface area contributed by atoms with E-state index in [0.717, 1.165) is 29.9 Å². The van der Waals surface area contributed by atoms with Crippen LogP contribution >= 0.6 is 12.6 Å². The van der Waals surface area contributed by atoms with Crippen molar-refractivity contribution in [3.05, 3.63) is 29.3 Å². The minimum Gasteiger partial charge on any atom is -0.485 e. The molecule has 1 saturated carbocycles. The fourth-order valence-corrected chi connectivity index (χ4v) is 5.26. The van der Waals surface area contributed by atoms with Crippen molar-refractivity contribution in [2.24, 2.45) is 17.8 Å². The highest BCUT2D eigenvalue weighted by Crippen LogP contribution is 2.48. The van der Waals surface area contributed by atoms with Crippen molar-refractivity contribution >= 4 is 17.7 Å². The Balaban J connectivity index is 0.00000106. The Morgan fingerprint density at radius 3 is 2.40 bits per heavy atom. The number of ether oxygens (including phenoxy) is 1. The summed E-state index contributed by atoms with van der Waals surface area (Å²) in [7, 11) is 0. The van der Waals surface area contributed by atoms with E-state index in [1.165, 1.54) is 75.3 Å². The molecule has 1 fully saturated rings. The average Bonchev–Trinajstić information content (AvgIpc) is 3.17. The largest absolute Gasteiger partial charge is 0.485 e. The van der Waals surface area contributed by atoms with Crippen molar-refractivity contribution in [2.75, 3.05) is 6.61 Å². The maximum Gasteiger partial charge on any atom is 0.223 e. The van der Waals surface area contributed by atoms with Crippen LogP contribution in [0.25, 0.3) is 0 Å². The van der Waals surface area contributed by atoms with Gasteiger partial charge >= 0.3 is 0 Å². The fraction of sp³-hybridized carbons (Fsp3) is 0.741. The van der Waals surface area contributed by atoms with Crippen LogP contribution in [0.1, 0.15) is 104 Å². The normalized spacial score (nSPS) is 21.3. The molecule has 0 bridgehead atoms. The lowest BCUT2D eigenvalue weighted by Crippen LogP contribution is -2.25. The Hall–Kier alpha value is -0.960. The number of hydrogen-bond donors (Lipinski definition) is 1. The zero-order valence-electron chi connectivity index (χ0n) is 20.2. The van der Waals surface area contributed by atoms with Gasteiger partial charge in [0.15, 0.2) is 6.61 Å². The molecule has 0 amide bonds. The first-order chi connectivity index (χ1) is 14.7. The molecule has 0 aliphatic heterocycles. The van der Waals surface area contributed by atoms with Gasteiger partial charge in [-0.15, -0.1) is 12.6 Å². The van der Waals surface area contributed by atoms with Crippen LogP contribution in [0.3, 0.4) is 0 Å². The fourth-order valence-electron chi connectivity index (χ4n) is 5.20. The molecular weight excluding hydrogens is 388 g/mol. The molecule has 3 unspecified atom stereocenters. The molecule has 0 spiro atoms. The third kappa shape index (κ3) is 8.29. The smallest absolute Gasteiger partial charge is 0.223 e. The molecule has 172 valence electrons. The van der Waals surface area contributed by atoms with Gasteiger partial charge in [0.05, 0.1) is 0 Å². The second kappa shape index (κ2) is 15.8. The molecule has 3 heteroatoms. The molecule has 2 aliphatic carbocycles. The predicted molar refractivity (Wildman–Crippen MR) is 134 cm³/mol. The van der Waals surface area contributed by atoms with Gasteiger partial charge in [0.25, 0.3) is 0 Å². The maximum absolute atomic E-state index is 11.1. The summed E-state index contributed by atoms with van der Waals surface area (Å²) in [6, 6.07) is 6.36.